The highest BCUT2D eigenvalue weighted by Crippen LogP contribution is 2.22. The summed E-state index contributed by atoms with van der Waals surface area (Å²) in [5, 5.41) is 13.3. The Morgan fingerprint density at radius 1 is 1.38 bits per heavy atom. The summed E-state index contributed by atoms with van der Waals surface area (Å²) in [5.74, 6) is -1.33. The molecule has 0 aliphatic heterocycles. The molecule has 0 saturated heterocycles. The lowest BCUT2D eigenvalue weighted by Crippen LogP contribution is -2.27. The number of halogens is 2. The molecule has 3 rings (SSSR count). The van der Waals surface area contributed by atoms with Gasteiger partial charge in [0.25, 0.3) is 5.91 Å². The second-order valence-electron chi connectivity index (χ2n) is 5.04. The van der Waals surface area contributed by atoms with Gasteiger partial charge in [-0.05, 0) is 24.6 Å². The number of aryl methyl sites for hydroxylation is 1. The van der Waals surface area contributed by atoms with E-state index in [0.717, 1.165) is 10.4 Å². The maximum Gasteiger partial charge on any atom is 0.301 e. The zero-order chi connectivity index (χ0) is 17.4. The molecule has 0 spiro atoms. The fourth-order valence-corrected chi connectivity index (χ4v) is 3.25. The Kier molecular flexibility index (Phi) is 4.49. The summed E-state index contributed by atoms with van der Waals surface area (Å²) in [5.41, 5.74) is -0.257. The van der Waals surface area contributed by atoms with Crippen LogP contribution in [0.15, 0.2) is 29.2 Å². The van der Waals surface area contributed by atoms with Crippen LogP contribution < -0.4 is 10.9 Å². The molecule has 2 aromatic heterocycles. The van der Waals surface area contributed by atoms with Crippen LogP contribution in [-0.4, -0.2) is 20.4 Å². The largest absolute Gasteiger partial charge is 0.501 e. The van der Waals surface area contributed by atoms with Crippen molar-refractivity contribution in [1.29, 1.82) is 0 Å². The molecule has 124 valence electrons. The van der Waals surface area contributed by atoms with Crippen molar-refractivity contribution in [3.63, 3.8) is 0 Å². The molecule has 0 saturated carbocycles. The number of aromatic hydroxyl groups is 1. The second kappa shape index (κ2) is 6.43. The third kappa shape index (κ3) is 3.10. The number of benzene rings is 1. The molecule has 2 heterocycles. The molecular formula is C15H11Cl2N3O3S. The van der Waals surface area contributed by atoms with Crippen LogP contribution in [0.2, 0.25) is 10.0 Å². The van der Waals surface area contributed by atoms with Crippen molar-refractivity contribution in [1.82, 2.24) is 14.7 Å². The summed E-state index contributed by atoms with van der Waals surface area (Å²) in [6.07, 6.45) is 1.56. The molecule has 0 fully saturated rings. The standard InChI is InChI=1S/C15H11Cl2N3O3S/c1-7-6-20-14(23)12(21)11(19-15(20)24-7)13(22)18-5-8-2-3-9(16)10(17)4-8/h2-4,6,21H,5H2,1H3,(H,18,22). The van der Waals surface area contributed by atoms with E-state index in [9.17, 15) is 14.7 Å². The highest BCUT2D eigenvalue weighted by atomic mass is 35.5. The van der Waals surface area contributed by atoms with Crippen molar-refractivity contribution in [2.45, 2.75) is 13.5 Å². The molecule has 0 unspecified atom stereocenters. The van der Waals surface area contributed by atoms with Crippen LogP contribution in [0.5, 0.6) is 5.75 Å². The predicted octanol–water partition coefficient (Wildman–Crippen LogP) is 3.01. The first kappa shape index (κ1) is 16.8. The van der Waals surface area contributed by atoms with Crippen LogP contribution in [0.3, 0.4) is 0 Å². The average Bonchev–Trinajstić information content (AvgIpc) is 2.92. The fraction of sp³-hybridized carbons (Fsp3) is 0.133. The third-order valence-electron chi connectivity index (χ3n) is 3.27. The van der Waals surface area contributed by atoms with E-state index in [1.807, 2.05) is 0 Å². The Balaban J connectivity index is 1.87. The minimum atomic E-state index is -0.683. The Morgan fingerprint density at radius 2 is 2.12 bits per heavy atom. The van der Waals surface area contributed by atoms with Crippen molar-refractivity contribution in [3.8, 4) is 5.75 Å². The molecule has 0 radical (unpaired) electrons. The highest BCUT2D eigenvalue weighted by molar-refractivity contribution is 7.16. The van der Waals surface area contributed by atoms with Gasteiger partial charge in [0, 0.05) is 17.6 Å². The van der Waals surface area contributed by atoms with Gasteiger partial charge in [-0.25, -0.2) is 4.98 Å². The van der Waals surface area contributed by atoms with Gasteiger partial charge in [-0.3, -0.25) is 14.0 Å². The molecular weight excluding hydrogens is 373 g/mol. The van der Waals surface area contributed by atoms with Crippen molar-refractivity contribution >= 4 is 45.4 Å². The van der Waals surface area contributed by atoms with Crippen molar-refractivity contribution in [2.24, 2.45) is 0 Å². The van der Waals surface area contributed by atoms with Crippen LogP contribution in [0, 0.1) is 6.92 Å². The second-order valence-corrected chi connectivity index (χ2v) is 7.07. The lowest BCUT2D eigenvalue weighted by molar-refractivity contribution is 0.0943. The molecule has 2 N–H and O–H groups in total. The topological polar surface area (TPSA) is 83.7 Å². The van der Waals surface area contributed by atoms with E-state index in [1.165, 1.54) is 15.7 Å². The minimum absolute atomic E-state index is 0.152. The summed E-state index contributed by atoms with van der Waals surface area (Å²) in [6.45, 7) is 1.96. The quantitative estimate of drug-likeness (QED) is 0.727. The number of nitrogens with zero attached hydrogens (tertiary/aromatic N) is 2. The molecule has 0 atom stereocenters. The maximum absolute atomic E-state index is 12.3. The summed E-state index contributed by atoms with van der Waals surface area (Å²) in [6, 6.07) is 4.95. The number of nitrogens with one attached hydrogen (secondary N) is 1. The van der Waals surface area contributed by atoms with E-state index in [4.69, 9.17) is 23.2 Å². The molecule has 24 heavy (non-hydrogen) atoms. The van der Waals surface area contributed by atoms with E-state index in [0.29, 0.717) is 15.0 Å². The van der Waals surface area contributed by atoms with E-state index in [1.54, 1.807) is 31.3 Å². The molecule has 9 heteroatoms. The Morgan fingerprint density at radius 3 is 2.83 bits per heavy atom. The number of amides is 1. The summed E-state index contributed by atoms with van der Waals surface area (Å²) < 4.78 is 1.21. The summed E-state index contributed by atoms with van der Waals surface area (Å²) in [4.78, 5) is 29.6. The van der Waals surface area contributed by atoms with Crippen molar-refractivity contribution in [3.05, 3.63) is 60.9 Å². The Labute approximate surface area is 150 Å². The van der Waals surface area contributed by atoms with Crippen LogP contribution in [0.1, 0.15) is 20.9 Å². The van der Waals surface area contributed by atoms with Gasteiger partial charge in [0.2, 0.25) is 5.75 Å². The molecule has 6 nitrogen and oxygen atoms in total. The molecule has 1 aromatic carbocycles. The van der Waals surface area contributed by atoms with Gasteiger partial charge in [0.15, 0.2) is 10.7 Å². The van der Waals surface area contributed by atoms with Gasteiger partial charge in [-0.1, -0.05) is 29.3 Å². The van der Waals surface area contributed by atoms with Gasteiger partial charge >= 0.3 is 5.56 Å². The van der Waals surface area contributed by atoms with Crippen LogP contribution in [-0.2, 0) is 6.54 Å². The van der Waals surface area contributed by atoms with Crippen LogP contribution >= 0.6 is 34.5 Å². The predicted molar refractivity (Wildman–Crippen MR) is 93.4 cm³/mol. The van der Waals surface area contributed by atoms with Crippen molar-refractivity contribution < 1.29 is 9.90 Å². The number of thiazole rings is 1. The molecule has 0 bridgehead atoms. The van der Waals surface area contributed by atoms with E-state index in [-0.39, 0.29) is 12.2 Å². The van der Waals surface area contributed by atoms with Gasteiger partial charge in [-0.2, -0.15) is 0 Å². The number of hydrogen-bond acceptors (Lipinski definition) is 5. The molecule has 0 aliphatic carbocycles. The van der Waals surface area contributed by atoms with Gasteiger partial charge in [-0.15, -0.1) is 11.3 Å². The number of aromatic nitrogens is 2. The number of hydrogen-bond donors (Lipinski definition) is 2. The van der Waals surface area contributed by atoms with E-state index >= 15 is 0 Å². The summed E-state index contributed by atoms with van der Waals surface area (Å²) in [7, 11) is 0. The number of fused-ring (bicyclic) bond motifs is 1. The fourth-order valence-electron chi connectivity index (χ4n) is 2.12. The highest BCUT2D eigenvalue weighted by Gasteiger charge is 2.19. The number of rotatable bonds is 3. The van der Waals surface area contributed by atoms with E-state index < -0.39 is 17.2 Å². The first-order valence-electron chi connectivity index (χ1n) is 6.80. The van der Waals surface area contributed by atoms with Gasteiger partial charge in [0.1, 0.15) is 0 Å². The smallest absolute Gasteiger partial charge is 0.301 e. The maximum atomic E-state index is 12.3. The first-order valence-corrected chi connectivity index (χ1v) is 8.38. The monoisotopic (exact) mass is 383 g/mol. The zero-order valence-corrected chi connectivity index (χ0v) is 14.7. The van der Waals surface area contributed by atoms with Crippen molar-refractivity contribution in [2.75, 3.05) is 0 Å². The summed E-state index contributed by atoms with van der Waals surface area (Å²) >= 11 is 13.0. The van der Waals surface area contributed by atoms with Crippen LogP contribution in [0.4, 0.5) is 0 Å². The first-order chi connectivity index (χ1) is 11.4. The van der Waals surface area contributed by atoms with Crippen LogP contribution in [0.25, 0.3) is 4.96 Å². The minimum Gasteiger partial charge on any atom is -0.501 e. The Hall–Kier alpha value is -2.09. The normalized spacial score (nSPS) is 11.0. The average molecular weight is 384 g/mol. The van der Waals surface area contributed by atoms with E-state index in [2.05, 4.69) is 10.3 Å². The third-order valence-corrected chi connectivity index (χ3v) is 4.91. The number of carbonyl (C=O) groups is 1. The molecule has 0 aliphatic rings. The SMILES string of the molecule is Cc1cn2c(=O)c(O)c(C(=O)NCc3ccc(Cl)c(Cl)c3)nc2s1. The zero-order valence-electron chi connectivity index (χ0n) is 12.3. The molecule has 3 aromatic rings. The van der Waals surface area contributed by atoms with Gasteiger partial charge in [0.05, 0.1) is 10.0 Å². The Bertz CT molecular complexity index is 1010. The molecule has 1 amide bonds. The lowest BCUT2D eigenvalue weighted by atomic mass is 10.2. The lowest BCUT2D eigenvalue weighted by Gasteiger charge is -2.07. The number of carbonyl (C=O) groups excluding carboxylic acids is 1. The van der Waals surface area contributed by atoms with Gasteiger partial charge < -0.3 is 10.4 Å².